The van der Waals surface area contributed by atoms with E-state index in [0.717, 1.165) is 0 Å². The maximum Gasteiger partial charge on any atom is 0.185 e. The highest BCUT2D eigenvalue weighted by atomic mass is 19.1. The van der Waals surface area contributed by atoms with Crippen molar-refractivity contribution in [3.05, 3.63) is 66.2 Å². The molecule has 2 aromatic carbocycles. The van der Waals surface area contributed by atoms with Crippen molar-refractivity contribution < 1.29 is 23.1 Å². The number of hydrogen-bond donors (Lipinski definition) is 0. The zero-order chi connectivity index (χ0) is 16.2. The molecule has 0 aliphatic carbocycles. The minimum atomic E-state index is -0.425. The fraction of sp³-hybridized carbons (Fsp3) is 0.0556. The van der Waals surface area contributed by atoms with Gasteiger partial charge in [-0.15, -0.1) is 0 Å². The molecule has 0 spiro atoms. The second-order valence-corrected chi connectivity index (χ2v) is 4.74. The highest BCUT2D eigenvalue weighted by Gasteiger charge is 2.13. The maximum atomic E-state index is 13.6. The summed E-state index contributed by atoms with van der Waals surface area (Å²) in [5.41, 5.74) is 0.425. The fourth-order valence-electron chi connectivity index (χ4n) is 2.12. The number of benzene rings is 2. The second-order valence-electron chi connectivity index (χ2n) is 4.74. The molecule has 0 saturated heterocycles. The third-order valence-electron chi connectivity index (χ3n) is 3.24. The van der Waals surface area contributed by atoms with Gasteiger partial charge in [0.25, 0.3) is 0 Å². The Hall–Kier alpha value is -3.08. The predicted molar refractivity (Wildman–Crippen MR) is 82.6 cm³/mol. The van der Waals surface area contributed by atoms with Gasteiger partial charge in [-0.05, 0) is 54.6 Å². The van der Waals surface area contributed by atoms with E-state index >= 15 is 0 Å². The van der Waals surface area contributed by atoms with Crippen LogP contribution in [0.1, 0.15) is 10.6 Å². The van der Waals surface area contributed by atoms with Crippen LogP contribution in [-0.2, 0) is 0 Å². The monoisotopic (exact) mass is 312 g/mol. The van der Waals surface area contributed by atoms with Crippen LogP contribution in [0.3, 0.4) is 0 Å². The van der Waals surface area contributed by atoms with Crippen LogP contribution in [0.4, 0.5) is 4.39 Å². The summed E-state index contributed by atoms with van der Waals surface area (Å²) in [6.45, 7) is 0. The largest absolute Gasteiger partial charge is 0.497 e. The molecule has 0 unspecified atom stereocenters. The fourth-order valence-corrected chi connectivity index (χ4v) is 2.12. The van der Waals surface area contributed by atoms with E-state index in [0.29, 0.717) is 34.9 Å². The lowest BCUT2D eigenvalue weighted by atomic mass is 10.1. The van der Waals surface area contributed by atoms with Gasteiger partial charge in [0.2, 0.25) is 0 Å². The van der Waals surface area contributed by atoms with Gasteiger partial charge in [-0.3, -0.25) is 4.79 Å². The molecular formula is C18H13FO4. The molecule has 116 valence electrons. The van der Waals surface area contributed by atoms with Crippen molar-refractivity contribution >= 4 is 6.29 Å². The number of carbonyl (C=O) groups is 1. The smallest absolute Gasteiger partial charge is 0.185 e. The highest BCUT2D eigenvalue weighted by Crippen LogP contribution is 2.35. The summed E-state index contributed by atoms with van der Waals surface area (Å²) in [5.74, 6) is 1.79. The molecule has 0 radical (unpaired) electrons. The Labute approximate surface area is 132 Å². The van der Waals surface area contributed by atoms with Gasteiger partial charge >= 0.3 is 0 Å². The number of furan rings is 1. The van der Waals surface area contributed by atoms with Gasteiger partial charge in [-0.1, -0.05) is 0 Å². The third kappa shape index (κ3) is 3.23. The molecule has 4 nitrogen and oxygen atoms in total. The highest BCUT2D eigenvalue weighted by molar-refractivity contribution is 5.74. The number of carbonyl (C=O) groups excluding carboxylic acids is 1. The molecule has 1 heterocycles. The number of hydrogen-bond acceptors (Lipinski definition) is 4. The normalized spacial score (nSPS) is 10.3. The molecular weight excluding hydrogens is 299 g/mol. The van der Waals surface area contributed by atoms with E-state index in [1.807, 2.05) is 0 Å². The number of ether oxygens (including phenoxy) is 2. The van der Waals surface area contributed by atoms with Crippen molar-refractivity contribution in [1.82, 2.24) is 0 Å². The number of rotatable bonds is 5. The van der Waals surface area contributed by atoms with Crippen LogP contribution in [-0.4, -0.2) is 13.4 Å². The molecule has 0 N–H and O–H groups in total. The van der Waals surface area contributed by atoms with E-state index in [2.05, 4.69) is 0 Å². The molecule has 0 aliphatic heterocycles. The topological polar surface area (TPSA) is 48.7 Å². The number of aldehydes is 1. The Morgan fingerprint density at radius 2 is 1.74 bits per heavy atom. The van der Waals surface area contributed by atoms with Crippen LogP contribution in [0.25, 0.3) is 11.3 Å². The van der Waals surface area contributed by atoms with Crippen molar-refractivity contribution in [2.45, 2.75) is 0 Å². The van der Waals surface area contributed by atoms with Crippen molar-refractivity contribution in [3.63, 3.8) is 0 Å². The van der Waals surface area contributed by atoms with Gasteiger partial charge < -0.3 is 13.9 Å². The van der Waals surface area contributed by atoms with Crippen LogP contribution in [0.5, 0.6) is 17.2 Å². The summed E-state index contributed by atoms with van der Waals surface area (Å²) in [5, 5.41) is 0. The summed E-state index contributed by atoms with van der Waals surface area (Å²) >= 11 is 0. The molecule has 1 aromatic heterocycles. The molecule has 5 heteroatoms. The zero-order valence-corrected chi connectivity index (χ0v) is 12.3. The Kier molecular flexibility index (Phi) is 4.10. The summed E-state index contributed by atoms with van der Waals surface area (Å²) in [7, 11) is 1.58. The molecule has 0 atom stereocenters. The van der Waals surface area contributed by atoms with Crippen molar-refractivity contribution in [3.8, 4) is 28.6 Å². The third-order valence-corrected chi connectivity index (χ3v) is 3.24. The van der Waals surface area contributed by atoms with Gasteiger partial charge in [0.05, 0.1) is 12.7 Å². The summed E-state index contributed by atoms with van der Waals surface area (Å²) in [4.78, 5) is 10.7. The Bertz CT molecular complexity index is 821. The molecule has 23 heavy (non-hydrogen) atoms. The van der Waals surface area contributed by atoms with Crippen LogP contribution in [0, 0.1) is 5.82 Å². The molecule has 0 aliphatic rings. The average molecular weight is 312 g/mol. The average Bonchev–Trinajstić information content (AvgIpc) is 3.06. The summed E-state index contributed by atoms with van der Waals surface area (Å²) in [6.07, 6.45) is 0.590. The lowest BCUT2D eigenvalue weighted by molar-refractivity contribution is 0.110. The van der Waals surface area contributed by atoms with Gasteiger partial charge in [0.15, 0.2) is 12.0 Å². The Morgan fingerprint density at radius 1 is 1.00 bits per heavy atom. The van der Waals surface area contributed by atoms with Gasteiger partial charge in [-0.2, -0.15) is 0 Å². The molecule has 3 rings (SSSR count). The first-order valence-electron chi connectivity index (χ1n) is 6.86. The molecule has 0 saturated carbocycles. The predicted octanol–water partition coefficient (Wildman–Crippen LogP) is 4.70. The Balaban J connectivity index is 1.96. The van der Waals surface area contributed by atoms with E-state index < -0.39 is 5.82 Å². The zero-order valence-electron chi connectivity index (χ0n) is 12.3. The molecule has 0 fully saturated rings. The van der Waals surface area contributed by atoms with E-state index in [9.17, 15) is 9.18 Å². The van der Waals surface area contributed by atoms with Gasteiger partial charge in [0, 0.05) is 0 Å². The first-order chi connectivity index (χ1) is 11.2. The van der Waals surface area contributed by atoms with Crippen LogP contribution >= 0.6 is 0 Å². The van der Waals surface area contributed by atoms with E-state index in [1.165, 1.54) is 24.3 Å². The van der Waals surface area contributed by atoms with E-state index in [1.54, 1.807) is 37.4 Å². The van der Waals surface area contributed by atoms with Crippen LogP contribution < -0.4 is 9.47 Å². The first kappa shape index (κ1) is 14.8. The second kappa shape index (κ2) is 6.36. The quantitative estimate of drug-likeness (QED) is 0.641. The number of halogens is 1. The summed E-state index contributed by atoms with van der Waals surface area (Å²) < 4.78 is 29.8. The van der Waals surface area contributed by atoms with E-state index in [-0.39, 0.29) is 5.76 Å². The van der Waals surface area contributed by atoms with Crippen molar-refractivity contribution in [2.24, 2.45) is 0 Å². The van der Waals surface area contributed by atoms with E-state index in [4.69, 9.17) is 13.9 Å². The SMILES string of the molecule is COc1ccc(Oc2ccc(F)cc2-c2ccc(C=O)o2)cc1. The lowest BCUT2D eigenvalue weighted by Gasteiger charge is -2.10. The molecule has 0 bridgehead atoms. The maximum absolute atomic E-state index is 13.6. The van der Waals surface area contributed by atoms with Crippen LogP contribution in [0.15, 0.2) is 59.0 Å². The van der Waals surface area contributed by atoms with Crippen LogP contribution in [0.2, 0.25) is 0 Å². The molecule has 0 amide bonds. The lowest BCUT2D eigenvalue weighted by Crippen LogP contribution is -1.89. The standard InChI is InChI=1S/C18H13FO4/c1-21-13-3-5-14(6-4-13)22-17-8-2-12(19)10-16(17)18-9-7-15(11-20)23-18/h2-11H,1H3. The first-order valence-corrected chi connectivity index (χ1v) is 6.86. The Morgan fingerprint density at radius 3 is 2.39 bits per heavy atom. The van der Waals surface area contributed by atoms with Crippen molar-refractivity contribution in [1.29, 1.82) is 0 Å². The minimum Gasteiger partial charge on any atom is -0.497 e. The van der Waals surface area contributed by atoms with Crippen molar-refractivity contribution in [2.75, 3.05) is 7.11 Å². The summed E-state index contributed by atoms with van der Waals surface area (Å²) in [6, 6.07) is 14.2. The number of methoxy groups -OCH3 is 1. The van der Waals surface area contributed by atoms with Gasteiger partial charge in [0.1, 0.15) is 28.8 Å². The molecule has 3 aromatic rings. The minimum absolute atomic E-state index is 0.166. The van der Waals surface area contributed by atoms with Gasteiger partial charge in [-0.25, -0.2) is 4.39 Å².